The molecule has 0 unspecified atom stereocenters. The Hall–Kier alpha value is -2.59. The maximum atomic E-state index is 13.4. The Morgan fingerprint density at radius 1 is 0.943 bits per heavy atom. The van der Waals surface area contributed by atoms with Gasteiger partial charge in [-0.25, -0.2) is 8.42 Å². The Kier molecular flexibility index (Phi) is 9.56. The van der Waals surface area contributed by atoms with E-state index in [1.807, 2.05) is 12.1 Å². The van der Waals surface area contributed by atoms with Gasteiger partial charge in [-0.1, -0.05) is 45.7 Å². The molecule has 1 amide bonds. The molecule has 0 radical (unpaired) electrons. The summed E-state index contributed by atoms with van der Waals surface area (Å²) in [6, 6.07) is 18.7. The van der Waals surface area contributed by atoms with Crippen LogP contribution in [0, 0.1) is 0 Å². The van der Waals surface area contributed by atoms with E-state index in [-0.39, 0.29) is 18.0 Å². The molecule has 0 atom stereocenters. The first-order valence-corrected chi connectivity index (χ1v) is 13.3. The van der Waals surface area contributed by atoms with Gasteiger partial charge in [0.2, 0.25) is 15.9 Å². The minimum Gasteiger partial charge on any atom is -0.493 e. The molecule has 3 rings (SSSR count). The molecule has 3 aromatic carbocycles. The van der Waals surface area contributed by atoms with Crippen LogP contribution < -0.4 is 14.8 Å². The summed E-state index contributed by atoms with van der Waals surface area (Å²) in [6.45, 7) is 0.0348. The monoisotopic (exact) mass is 580 g/mol. The van der Waals surface area contributed by atoms with Crippen LogP contribution >= 0.6 is 27.5 Å². The minimum atomic E-state index is -3.93. The number of nitrogens with zero attached hydrogens (tertiary/aromatic N) is 1. The van der Waals surface area contributed by atoms with Crippen molar-refractivity contribution in [2.45, 2.75) is 17.9 Å². The fourth-order valence-corrected chi connectivity index (χ4v) is 5.15. The molecule has 35 heavy (non-hydrogen) atoms. The molecule has 1 N–H and O–H groups in total. The maximum absolute atomic E-state index is 13.4. The van der Waals surface area contributed by atoms with Crippen molar-refractivity contribution in [2.24, 2.45) is 0 Å². The highest BCUT2D eigenvalue weighted by atomic mass is 79.9. The lowest BCUT2D eigenvalue weighted by molar-refractivity contribution is -0.121. The lowest BCUT2D eigenvalue weighted by Gasteiger charge is -2.22. The first kappa shape index (κ1) is 27.0. The quantitative estimate of drug-likeness (QED) is 0.356. The van der Waals surface area contributed by atoms with Crippen molar-refractivity contribution in [3.05, 3.63) is 87.4 Å². The molecule has 0 heterocycles. The van der Waals surface area contributed by atoms with Gasteiger partial charge in [-0.15, -0.1) is 0 Å². The third-order valence-corrected chi connectivity index (χ3v) is 7.81. The van der Waals surface area contributed by atoms with Crippen LogP contribution in [0.3, 0.4) is 0 Å². The summed E-state index contributed by atoms with van der Waals surface area (Å²) < 4.78 is 39.2. The van der Waals surface area contributed by atoms with Crippen molar-refractivity contribution in [2.75, 3.05) is 27.3 Å². The smallest absolute Gasteiger partial charge is 0.243 e. The van der Waals surface area contributed by atoms with E-state index in [4.69, 9.17) is 21.1 Å². The highest BCUT2D eigenvalue weighted by Gasteiger charge is 2.27. The molecule has 0 aliphatic carbocycles. The zero-order chi connectivity index (χ0) is 25.4. The zero-order valence-corrected chi connectivity index (χ0v) is 22.5. The molecular weight excluding hydrogens is 556 g/mol. The third kappa shape index (κ3) is 7.44. The average Bonchev–Trinajstić information content (AvgIpc) is 2.85. The Morgan fingerprint density at radius 3 is 2.20 bits per heavy atom. The molecule has 10 heteroatoms. The number of hydrogen-bond acceptors (Lipinski definition) is 5. The van der Waals surface area contributed by atoms with Crippen LogP contribution in [0.4, 0.5) is 0 Å². The van der Waals surface area contributed by atoms with E-state index >= 15 is 0 Å². The maximum Gasteiger partial charge on any atom is 0.243 e. The number of nitrogens with one attached hydrogen (secondary N) is 1. The number of halogens is 2. The number of rotatable bonds is 11. The van der Waals surface area contributed by atoms with Crippen LogP contribution in [0.15, 0.2) is 76.1 Å². The molecule has 0 saturated heterocycles. The number of hydrogen-bond donors (Lipinski definition) is 1. The first-order valence-electron chi connectivity index (χ1n) is 10.7. The molecule has 186 valence electrons. The second-order valence-corrected chi connectivity index (χ2v) is 10.9. The fourth-order valence-electron chi connectivity index (χ4n) is 3.37. The van der Waals surface area contributed by atoms with Gasteiger partial charge in [-0.2, -0.15) is 4.31 Å². The largest absolute Gasteiger partial charge is 0.493 e. The van der Waals surface area contributed by atoms with Gasteiger partial charge in [0.25, 0.3) is 0 Å². The number of methoxy groups -OCH3 is 2. The predicted octanol–water partition coefficient (Wildman–Crippen LogP) is 4.67. The molecule has 0 bridgehead atoms. The van der Waals surface area contributed by atoms with E-state index in [9.17, 15) is 13.2 Å². The molecule has 0 aliphatic heterocycles. The van der Waals surface area contributed by atoms with Crippen LogP contribution in [0.25, 0.3) is 0 Å². The number of carbonyl (C=O) groups is 1. The van der Waals surface area contributed by atoms with Gasteiger partial charge in [-0.3, -0.25) is 4.79 Å². The van der Waals surface area contributed by atoms with Crippen LogP contribution in [0.1, 0.15) is 11.1 Å². The highest BCUT2D eigenvalue weighted by molar-refractivity contribution is 9.10. The summed E-state index contributed by atoms with van der Waals surface area (Å²) in [5.41, 5.74) is 1.66. The number of benzene rings is 3. The number of sulfonamides is 1. The molecule has 3 aromatic rings. The van der Waals surface area contributed by atoms with Gasteiger partial charge in [0.15, 0.2) is 11.5 Å². The van der Waals surface area contributed by atoms with Crippen molar-refractivity contribution in [3.63, 3.8) is 0 Å². The Bertz CT molecular complexity index is 1250. The van der Waals surface area contributed by atoms with Crippen molar-refractivity contribution in [1.29, 1.82) is 0 Å². The standard InChI is InChI=1S/C25H26BrClN2O5S/c1-33-23-12-5-18(15-24(23)34-2)13-14-28-25(30)17-29(16-19-3-8-21(27)9-4-19)35(31,32)22-10-6-20(26)7-11-22/h3-12,15H,13-14,16-17H2,1-2H3,(H,28,30). The lowest BCUT2D eigenvalue weighted by Crippen LogP contribution is -2.40. The lowest BCUT2D eigenvalue weighted by atomic mass is 10.1. The molecular formula is C25H26BrClN2O5S. The van der Waals surface area contributed by atoms with Gasteiger partial charge in [0.1, 0.15) is 0 Å². The van der Waals surface area contributed by atoms with Gasteiger partial charge < -0.3 is 14.8 Å². The molecule has 0 aromatic heterocycles. The number of carbonyl (C=O) groups excluding carboxylic acids is 1. The van der Waals surface area contributed by atoms with Crippen molar-refractivity contribution >= 4 is 43.5 Å². The van der Waals surface area contributed by atoms with Gasteiger partial charge >= 0.3 is 0 Å². The van der Waals surface area contributed by atoms with Crippen LogP contribution in [-0.2, 0) is 27.8 Å². The molecule has 0 fully saturated rings. The SMILES string of the molecule is COc1ccc(CCNC(=O)CN(Cc2ccc(Cl)cc2)S(=O)(=O)c2ccc(Br)cc2)cc1OC. The topological polar surface area (TPSA) is 84.9 Å². The van der Waals surface area contributed by atoms with Crippen LogP contribution in [-0.4, -0.2) is 45.9 Å². The van der Waals surface area contributed by atoms with Crippen LogP contribution in [0.5, 0.6) is 11.5 Å². The summed E-state index contributed by atoms with van der Waals surface area (Å²) in [7, 11) is -0.801. The fraction of sp³-hybridized carbons (Fsp3) is 0.240. The summed E-state index contributed by atoms with van der Waals surface area (Å²) in [5.74, 6) is 0.822. The molecule has 0 aliphatic rings. The summed E-state index contributed by atoms with van der Waals surface area (Å²) in [5, 5.41) is 3.35. The minimum absolute atomic E-state index is 0.0265. The predicted molar refractivity (Wildman–Crippen MR) is 139 cm³/mol. The van der Waals surface area contributed by atoms with Crippen molar-refractivity contribution < 1.29 is 22.7 Å². The van der Waals surface area contributed by atoms with E-state index in [1.54, 1.807) is 56.7 Å². The summed E-state index contributed by atoms with van der Waals surface area (Å²) in [6.07, 6.45) is 0.544. The third-order valence-electron chi connectivity index (χ3n) is 5.23. The van der Waals surface area contributed by atoms with Crippen molar-refractivity contribution in [1.82, 2.24) is 9.62 Å². The number of amides is 1. The van der Waals surface area contributed by atoms with Crippen LogP contribution in [0.2, 0.25) is 5.02 Å². The van der Waals surface area contributed by atoms with E-state index in [0.29, 0.717) is 35.1 Å². The first-order chi connectivity index (χ1) is 16.7. The molecule has 7 nitrogen and oxygen atoms in total. The number of ether oxygens (including phenoxy) is 2. The molecule has 0 saturated carbocycles. The van der Waals surface area contributed by atoms with Gasteiger partial charge in [-0.05, 0) is 66.1 Å². The normalized spacial score (nSPS) is 11.3. The average molecular weight is 582 g/mol. The van der Waals surface area contributed by atoms with Crippen molar-refractivity contribution in [3.8, 4) is 11.5 Å². The van der Waals surface area contributed by atoms with Gasteiger partial charge in [0, 0.05) is 22.6 Å². The second-order valence-electron chi connectivity index (χ2n) is 7.64. The van der Waals surface area contributed by atoms with Gasteiger partial charge in [0.05, 0.1) is 25.7 Å². The van der Waals surface area contributed by atoms with E-state index in [1.165, 1.54) is 12.1 Å². The van der Waals surface area contributed by atoms with E-state index < -0.39 is 15.9 Å². The summed E-state index contributed by atoms with van der Waals surface area (Å²) in [4.78, 5) is 12.9. The zero-order valence-electron chi connectivity index (χ0n) is 19.3. The highest BCUT2D eigenvalue weighted by Crippen LogP contribution is 2.27. The van der Waals surface area contributed by atoms with E-state index in [0.717, 1.165) is 14.3 Å². The van der Waals surface area contributed by atoms with E-state index in [2.05, 4.69) is 21.2 Å². The second kappa shape index (κ2) is 12.4. The Balaban J connectivity index is 1.71. The molecule has 0 spiro atoms. The Morgan fingerprint density at radius 2 is 1.57 bits per heavy atom. The summed E-state index contributed by atoms with van der Waals surface area (Å²) >= 11 is 9.28. The Labute approximate surface area is 219 Å².